The van der Waals surface area contributed by atoms with Crippen molar-refractivity contribution in [3.8, 4) is 5.75 Å². The Morgan fingerprint density at radius 1 is 1.38 bits per heavy atom. The van der Waals surface area contributed by atoms with Crippen LogP contribution in [0.15, 0.2) is 26.3 Å². The summed E-state index contributed by atoms with van der Waals surface area (Å²) in [5.41, 5.74) is -0.606. The van der Waals surface area contributed by atoms with Crippen LogP contribution in [-0.2, 0) is 4.74 Å². The maximum Gasteiger partial charge on any atom is 0.381 e. The average Bonchev–Trinajstić information content (AvgIpc) is 3.13. The highest BCUT2D eigenvalue weighted by Gasteiger charge is 2.19. The number of methoxy groups -OCH3 is 2. The van der Waals surface area contributed by atoms with E-state index in [1.165, 1.54) is 20.3 Å². The van der Waals surface area contributed by atoms with Gasteiger partial charge in [0.25, 0.3) is 5.91 Å². The summed E-state index contributed by atoms with van der Waals surface area (Å²) in [5.74, 6) is -2.29. The fourth-order valence-electron chi connectivity index (χ4n) is 1.90. The molecule has 0 saturated heterocycles. The van der Waals surface area contributed by atoms with Crippen LogP contribution in [0.5, 0.6) is 5.75 Å². The molecular weight excluding hydrogens is 431 g/mol. The lowest BCUT2D eigenvalue weighted by Crippen LogP contribution is -2.18. The lowest BCUT2D eigenvalue weighted by atomic mass is 10.3. The van der Waals surface area contributed by atoms with Crippen molar-refractivity contribution in [1.29, 1.82) is 0 Å². The van der Waals surface area contributed by atoms with E-state index in [1.807, 2.05) is 0 Å². The number of ether oxygens (including phenoxy) is 2. The smallest absolute Gasteiger partial charge is 0.381 e. The summed E-state index contributed by atoms with van der Waals surface area (Å²) in [5, 5.41) is 23.1. The van der Waals surface area contributed by atoms with E-state index in [9.17, 15) is 14.0 Å². The molecule has 14 heteroatoms. The largest absolute Gasteiger partial charge is 0.808 e. The Bertz CT molecular complexity index is 978. The molecule has 29 heavy (non-hydrogen) atoms. The molecule has 0 unspecified atom stereocenters. The number of nitrogens with one attached hydrogen (secondary N) is 3. The second-order valence-electron chi connectivity index (χ2n) is 5.05. The molecule has 0 fully saturated rings. The monoisotopic (exact) mass is 445 g/mol. The Morgan fingerprint density at radius 3 is 2.69 bits per heavy atom. The minimum absolute atomic E-state index is 0.0164. The Labute approximate surface area is 172 Å². The summed E-state index contributed by atoms with van der Waals surface area (Å²) in [6.07, 6.45) is 0.170. The fourth-order valence-corrected chi connectivity index (χ4v) is 2.74. The van der Waals surface area contributed by atoms with Crippen molar-refractivity contribution in [3.05, 3.63) is 38.6 Å². The number of carbonyl (C=O) groups is 1. The van der Waals surface area contributed by atoms with Crippen LogP contribution in [0.2, 0.25) is 0 Å². The zero-order valence-corrected chi connectivity index (χ0v) is 16.7. The van der Waals surface area contributed by atoms with E-state index in [0.29, 0.717) is 13.2 Å². The zero-order chi connectivity index (χ0) is 21.4. The third kappa shape index (κ3) is 5.97. The number of allylic oxidation sites excluding steroid dienone is 1. The van der Waals surface area contributed by atoms with Gasteiger partial charge in [0.2, 0.25) is 16.0 Å². The molecule has 0 aromatic carbocycles. The van der Waals surface area contributed by atoms with Gasteiger partial charge >= 0.3 is 5.63 Å². The van der Waals surface area contributed by atoms with Crippen LogP contribution in [0.4, 0.5) is 20.3 Å². The Hall–Kier alpha value is -3.03. The van der Waals surface area contributed by atoms with Crippen molar-refractivity contribution in [2.45, 2.75) is 0 Å². The van der Waals surface area contributed by atoms with Crippen molar-refractivity contribution in [2.24, 2.45) is 0 Å². The van der Waals surface area contributed by atoms with Gasteiger partial charge in [0.05, 0.1) is 19.4 Å². The Morgan fingerprint density at radius 2 is 2.07 bits per heavy atom. The van der Waals surface area contributed by atoms with Gasteiger partial charge in [0.1, 0.15) is 11.0 Å². The van der Waals surface area contributed by atoms with Crippen molar-refractivity contribution >= 4 is 51.0 Å². The number of nitrogens with zero attached hydrogens (tertiary/aromatic N) is 3. The molecule has 2 rings (SSSR count). The average molecular weight is 446 g/mol. The number of carbonyl (C=O) groups excluding carboxylic acids is 1. The second-order valence-corrected chi connectivity index (χ2v) is 6.40. The fraction of sp³-hybridized carbons (Fsp3) is 0.267. The molecule has 3 N–H and O–H groups in total. The van der Waals surface area contributed by atoms with E-state index in [4.69, 9.17) is 30.9 Å². The van der Waals surface area contributed by atoms with E-state index >= 15 is 0 Å². The van der Waals surface area contributed by atoms with Crippen LogP contribution < -0.4 is 26.3 Å². The molecule has 11 nitrogen and oxygen atoms in total. The Kier molecular flexibility index (Phi) is 8.06. The first-order valence-corrected chi connectivity index (χ1v) is 8.98. The summed E-state index contributed by atoms with van der Waals surface area (Å²) in [6, 6.07) is 1.29. The van der Waals surface area contributed by atoms with Gasteiger partial charge in [-0.15, -0.1) is 10.2 Å². The molecular formula is C15H15ClFN6O5S-. The molecule has 0 atom stereocenters. The molecule has 1 amide bonds. The molecule has 156 valence electrons. The molecule has 2 aromatic heterocycles. The van der Waals surface area contributed by atoms with Crippen molar-refractivity contribution in [3.63, 3.8) is 0 Å². The van der Waals surface area contributed by atoms with Gasteiger partial charge in [-0.25, -0.2) is 9.18 Å². The summed E-state index contributed by atoms with van der Waals surface area (Å²) in [6.45, 7) is 0.718. The van der Waals surface area contributed by atoms with Gasteiger partial charge in [-0.1, -0.05) is 22.9 Å². The third-order valence-corrected chi connectivity index (χ3v) is 4.17. The van der Waals surface area contributed by atoms with Crippen molar-refractivity contribution in [2.75, 3.05) is 43.3 Å². The molecule has 2 aromatic rings. The van der Waals surface area contributed by atoms with E-state index in [1.54, 1.807) is 0 Å². The molecule has 0 aliphatic rings. The number of rotatable bonds is 10. The van der Waals surface area contributed by atoms with Crippen LogP contribution in [0.25, 0.3) is 5.41 Å². The summed E-state index contributed by atoms with van der Waals surface area (Å²) in [7, 11) is 2.81. The number of hydrogen-bond acceptors (Lipinski definition) is 10. The molecule has 0 saturated carbocycles. The maximum atomic E-state index is 13.1. The van der Waals surface area contributed by atoms with Crippen LogP contribution in [0.1, 0.15) is 10.6 Å². The standard InChI is InChI=1S/C15H15ClFN6O5S/c1-26-4-3-19-8-5-9(28-13(25)10(8)27-2)12(24)21-15-23-22-14(29-15)20-11(16)7(17)6-18/h5-6,19H,3-4H2,1-2H3,(H,20,22)(H,21,23,24)/q-1/b11-7+. The minimum Gasteiger partial charge on any atom is -0.808 e. The summed E-state index contributed by atoms with van der Waals surface area (Å²) < 4.78 is 28.0. The van der Waals surface area contributed by atoms with Crippen molar-refractivity contribution < 1.29 is 23.1 Å². The van der Waals surface area contributed by atoms with Gasteiger partial charge in [0.15, 0.2) is 5.76 Å². The normalized spacial score (nSPS) is 11.4. The minimum atomic E-state index is -1.11. The lowest BCUT2D eigenvalue weighted by Gasteiger charge is -2.10. The third-order valence-electron chi connectivity index (χ3n) is 3.14. The molecule has 0 bridgehead atoms. The van der Waals surface area contributed by atoms with E-state index < -0.39 is 22.5 Å². The van der Waals surface area contributed by atoms with E-state index in [2.05, 4.69) is 26.1 Å². The summed E-state index contributed by atoms with van der Waals surface area (Å²) in [4.78, 5) is 24.4. The van der Waals surface area contributed by atoms with Crippen LogP contribution in [-0.4, -0.2) is 49.7 Å². The van der Waals surface area contributed by atoms with Crippen molar-refractivity contribution in [1.82, 2.24) is 10.2 Å². The highest BCUT2D eigenvalue weighted by molar-refractivity contribution is 7.19. The van der Waals surface area contributed by atoms with Gasteiger partial charge in [-0.2, -0.15) is 6.21 Å². The SMILES string of the molecule is COCCNc1cc(C(=O)Nc2nnc(N/C(Cl)=C(/F)C=[N-])s2)oc(=O)c1OC. The van der Waals surface area contributed by atoms with Gasteiger partial charge < -0.3 is 29.9 Å². The Balaban J connectivity index is 2.16. The first-order valence-electron chi connectivity index (χ1n) is 7.79. The van der Waals surface area contributed by atoms with E-state index in [-0.39, 0.29) is 33.7 Å². The number of halogens is 2. The molecule has 0 aliphatic heterocycles. The van der Waals surface area contributed by atoms with Gasteiger partial charge in [0, 0.05) is 19.7 Å². The van der Waals surface area contributed by atoms with E-state index in [0.717, 1.165) is 11.3 Å². The number of anilines is 3. The van der Waals surface area contributed by atoms with Crippen LogP contribution >= 0.6 is 22.9 Å². The quantitative estimate of drug-likeness (QED) is 0.284. The molecule has 0 spiro atoms. The first-order chi connectivity index (χ1) is 13.9. The molecule has 0 aliphatic carbocycles. The topological polar surface area (TPSA) is 150 Å². The van der Waals surface area contributed by atoms with Gasteiger partial charge in [-0.05, 0) is 0 Å². The predicted octanol–water partition coefficient (Wildman–Crippen LogP) is 2.24. The number of hydrogen-bond donors (Lipinski definition) is 3. The zero-order valence-electron chi connectivity index (χ0n) is 15.1. The first kappa shape index (κ1) is 22.3. The molecule has 0 radical (unpaired) electrons. The molecule has 2 heterocycles. The van der Waals surface area contributed by atoms with Crippen LogP contribution in [0, 0.1) is 0 Å². The highest BCUT2D eigenvalue weighted by Crippen LogP contribution is 2.25. The lowest BCUT2D eigenvalue weighted by molar-refractivity contribution is 0.0991. The predicted molar refractivity (Wildman–Crippen MR) is 107 cm³/mol. The highest BCUT2D eigenvalue weighted by atomic mass is 35.5. The van der Waals surface area contributed by atoms with Crippen LogP contribution in [0.3, 0.4) is 0 Å². The van der Waals surface area contributed by atoms with Gasteiger partial charge in [-0.3, -0.25) is 10.1 Å². The summed E-state index contributed by atoms with van der Waals surface area (Å²) >= 11 is 6.39. The second kappa shape index (κ2) is 10.5. The number of amides is 1. The number of aromatic nitrogens is 2. The maximum absolute atomic E-state index is 13.1.